The molecule has 0 heterocycles. The van der Waals surface area contributed by atoms with Crippen LogP contribution in [0.3, 0.4) is 0 Å². The van der Waals surface area contributed by atoms with Gasteiger partial charge in [0.2, 0.25) is 0 Å². The van der Waals surface area contributed by atoms with Crippen molar-refractivity contribution < 1.29 is 23.8 Å². The third-order valence-corrected chi connectivity index (χ3v) is 4.98. The third kappa shape index (κ3) is 5.29. The number of amides is 2. The van der Waals surface area contributed by atoms with Crippen molar-refractivity contribution in [3.63, 3.8) is 0 Å². The number of primary amides is 1. The average Bonchev–Trinajstić information content (AvgIpc) is 2.81. The molecule has 3 aromatic rings. The van der Waals surface area contributed by atoms with Crippen molar-refractivity contribution in [3.8, 4) is 17.2 Å². The summed E-state index contributed by atoms with van der Waals surface area (Å²) >= 11 is 0. The summed E-state index contributed by atoms with van der Waals surface area (Å²) in [4.78, 5) is 25.8. The zero-order valence-corrected chi connectivity index (χ0v) is 18.6. The smallest absolute Gasteiger partial charge is 0.255 e. The number of ether oxygens (including phenoxy) is 3. The molecular weight excluding hydrogens is 408 g/mol. The molecule has 0 aliphatic heterocycles. The number of benzene rings is 3. The summed E-state index contributed by atoms with van der Waals surface area (Å²) in [5.41, 5.74) is 6.53. The van der Waals surface area contributed by atoms with E-state index in [4.69, 9.17) is 19.9 Å². The van der Waals surface area contributed by atoms with Crippen LogP contribution in [0.1, 0.15) is 29.3 Å². The predicted molar refractivity (Wildman–Crippen MR) is 123 cm³/mol. The molecule has 0 saturated carbocycles. The summed E-state index contributed by atoms with van der Waals surface area (Å²) in [6.45, 7) is 2.76. The van der Waals surface area contributed by atoms with Crippen molar-refractivity contribution in [1.82, 2.24) is 4.90 Å². The van der Waals surface area contributed by atoms with Gasteiger partial charge in [-0.1, -0.05) is 37.3 Å². The minimum atomic E-state index is -0.594. The van der Waals surface area contributed by atoms with Crippen LogP contribution in [0, 0.1) is 0 Å². The van der Waals surface area contributed by atoms with Gasteiger partial charge in [0, 0.05) is 24.7 Å². The number of hydrogen-bond donors (Lipinski definition) is 1. The van der Waals surface area contributed by atoms with E-state index >= 15 is 0 Å². The topological polar surface area (TPSA) is 91.1 Å². The monoisotopic (exact) mass is 436 g/mol. The Labute approximate surface area is 187 Å². The van der Waals surface area contributed by atoms with Crippen molar-refractivity contribution in [3.05, 3.63) is 65.7 Å². The molecule has 7 heteroatoms. The van der Waals surface area contributed by atoms with Gasteiger partial charge in [-0.25, -0.2) is 0 Å². The van der Waals surface area contributed by atoms with Crippen molar-refractivity contribution >= 4 is 22.6 Å². The maximum atomic E-state index is 13.2. The minimum absolute atomic E-state index is 0.181. The van der Waals surface area contributed by atoms with E-state index in [1.54, 1.807) is 30.1 Å². The Morgan fingerprint density at radius 1 is 0.969 bits per heavy atom. The first-order valence-corrected chi connectivity index (χ1v) is 10.4. The Balaban J connectivity index is 1.87. The largest absolute Gasteiger partial charge is 0.493 e. The van der Waals surface area contributed by atoms with E-state index in [2.05, 4.69) is 6.92 Å². The van der Waals surface area contributed by atoms with Crippen LogP contribution in [0.15, 0.2) is 54.6 Å². The Bertz CT molecular complexity index is 1110. The Morgan fingerprint density at radius 3 is 2.44 bits per heavy atom. The summed E-state index contributed by atoms with van der Waals surface area (Å²) in [5, 5.41) is 2.14. The van der Waals surface area contributed by atoms with Gasteiger partial charge < -0.3 is 24.8 Å². The summed E-state index contributed by atoms with van der Waals surface area (Å²) in [6, 6.07) is 16.9. The maximum Gasteiger partial charge on any atom is 0.255 e. The number of hydrogen-bond acceptors (Lipinski definition) is 5. The number of fused-ring (bicyclic) bond motifs is 1. The van der Waals surface area contributed by atoms with Crippen molar-refractivity contribution in [2.75, 3.05) is 27.4 Å². The number of nitrogens with zero attached hydrogens (tertiary/aromatic N) is 1. The molecule has 0 fully saturated rings. The number of carbonyl (C=O) groups is 2. The van der Waals surface area contributed by atoms with E-state index in [0.29, 0.717) is 30.2 Å². The van der Waals surface area contributed by atoms with Crippen molar-refractivity contribution in [2.24, 2.45) is 5.73 Å². The predicted octanol–water partition coefficient (Wildman–Crippen LogP) is 3.77. The van der Waals surface area contributed by atoms with Crippen molar-refractivity contribution in [1.29, 1.82) is 0 Å². The molecule has 3 aromatic carbocycles. The fourth-order valence-corrected chi connectivity index (χ4v) is 3.42. The molecule has 2 N–H and O–H groups in total. The van der Waals surface area contributed by atoms with Gasteiger partial charge in [0.15, 0.2) is 18.1 Å². The summed E-state index contributed by atoms with van der Waals surface area (Å²) in [7, 11) is 3.22. The van der Waals surface area contributed by atoms with Gasteiger partial charge in [0.05, 0.1) is 13.7 Å². The van der Waals surface area contributed by atoms with Crippen LogP contribution in [0.4, 0.5) is 0 Å². The van der Waals surface area contributed by atoms with Gasteiger partial charge in [-0.2, -0.15) is 0 Å². The Hall–Kier alpha value is -3.74. The number of rotatable bonds is 10. The lowest BCUT2D eigenvalue weighted by Crippen LogP contribution is -2.26. The molecule has 7 nitrogen and oxygen atoms in total. The summed E-state index contributed by atoms with van der Waals surface area (Å²) in [5.74, 6) is 0.692. The summed E-state index contributed by atoms with van der Waals surface area (Å²) < 4.78 is 16.6. The zero-order chi connectivity index (χ0) is 23.1. The highest BCUT2D eigenvalue weighted by atomic mass is 16.5. The second kappa shape index (κ2) is 10.5. The molecule has 0 aromatic heterocycles. The van der Waals surface area contributed by atoms with Crippen LogP contribution in [-0.2, 0) is 11.3 Å². The molecule has 0 atom stereocenters. The van der Waals surface area contributed by atoms with Crippen LogP contribution in [0.25, 0.3) is 10.8 Å². The molecule has 32 heavy (non-hydrogen) atoms. The SMILES string of the molecule is CCCOc1ccc2ccccc2c1CN(C)C(=O)c1ccc(OCC(N)=O)c(OC)c1. The van der Waals surface area contributed by atoms with E-state index < -0.39 is 5.91 Å². The van der Waals surface area contributed by atoms with E-state index in [0.717, 1.165) is 28.5 Å². The maximum absolute atomic E-state index is 13.2. The lowest BCUT2D eigenvalue weighted by atomic mass is 10.0. The lowest BCUT2D eigenvalue weighted by Gasteiger charge is -2.21. The van der Waals surface area contributed by atoms with E-state index in [1.807, 2.05) is 36.4 Å². The molecule has 0 unspecified atom stereocenters. The molecule has 0 aliphatic rings. The Kier molecular flexibility index (Phi) is 7.54. The van der Waals surface area contributed by atoms with Crippen LogP contribution >= 0.6 is 0 Å². The van der Waals surface area contributed by atoms with Gasteiger partial charge in [-0.15, -0.1) is 0 Å². The molecule has 0 saturated heterocycles. The first-order chi connectivity index (χ1) is 15.4. The zero-order valence-electron chi connectivity index (χ0n) is 18.6. The van der Waals surface area contributed by atoms with E-state index in [-0.39, 0.29) is 12.5 Å². The molecule has 2 amide bonds. The molecule has 0 bridgehead atoms. The van der Waals surface area contributed by atoms with E-state index in [1.165, 1.54) is 7.11 Å². The number of carbonyl (C=O) groups excluding carboxylic acids is 2. The molecule has 0 spiro atoms. The molecule has 168 valence electrons. The van der Waals surface area contributed by atoms with Gasteiger partial charge >= 0.3 is 0 Å². The molecular formula is C25H28N2O5. The quantitative estimate of drug-likeness (QED) is 0.522. The van der Waals surface area contributed by atoms with Gasteiger partial charge in [0.25, 0.3) is 11.8 Å². The highest BCUT2D eigenvalue weighted by Gasteiger charge is 2.18. The third-order valence-electron chi connectivity index (χ3n) is 4.98. The van der Waals surface area contributed by atoms with Gasteiger partial charge in [-0.3, -0.25) is 9.59 Å². The number of nitrogens with two attached hydrogens (primary N) is 1. The average molecular weight is 437 g/mol. The molecule has 0 aliphatic carbocycles. The molecule has 0 radical (unpaired) electrons. The van der Waals surface area contributed by atoms with Crippen LogP contribution in [-0.4, -0.2) is 44.1 Å². The first-order valence-electron chi connectivity index (χ1n) is 10.4. The fourth-order valence-electron chi connectivity index (χ4n) is 3.42. The second-order valence-electron chi connectivity index (χ2n) is 7.39. The van der Waals surface area contributed by atoms with Crippen LogP contribution in [0.2, 0.25) is 0 Å². The summed E-state index contributed by atoms with van der Waals surface area (Å²) in [6.07, 6.45) is 0.894. The van der Waals surface area contributed by atoms with E-state index in [9.17, 15) is 9.59 Å². The van der Waals surface area contributed by atoms with Gasteiger partial charge in [-0.05, 0) is 41.5 Å². The number of methoxy groups -OCH3 is 1. The van der Waals surface area contributed by atoms with Gasteiger partial charge in [0.1, 0.15) is 5.75 Å². The lowest BCUT2D eigenvalue weighted by molar-refractivity contribution is -0.119. The standard InChI is InChI=1S/C25H28N2O5/c1-4-13-31-21-11-9-17-7-5-6-8-19(17)20(21)15-27(2)25(29)18-10-12-22(23(14-18)30-3)32-16-24(26)28/h5-12,14H,4,13,15-16H2,1-3H3,(H2,26,28). The fraction of sp³-hybridized carbons (Fsp3) is 0.280. The van der Waals surface area contributed by atoms with Crippen LogP contribution in [0.5, 0.6) is 17.2 Å². The Morgan fingerprint density at radius 2 is 1.72 bits per heavy atom. The minimum Gasteiger partial charge on any atom is -0.493 e. The highest BCUT2D eigenvalue weighted by molar-refractivity contribution is 5.95. The first kappa shape index (κ1) is 22.9. The molecule has 3 rings (SSSR count). The highest BCUT2D eigenvalue weighted by Crippen LogP contribution is 2.31. The normalized spacial score (nSPS) is 10.6. The second-order valence-corrected chi connectivity index (χ2v) is 7.39. The van der Waals surface area contributed by atoms with Crippen molar-refractivity contribution in [2.45, 2.75) is 19.9 Å². The van der Waals surface area contributed by atoms with Crippen LogP contribution < -0.4 is 19.9 Å².